The lowest BCUT2D eigenvalue weighted by Crippen LogP contribution is -2.20. The Labute approximate surface area is 133 Å². The van der Waals surface area contributed by atoms with E-state index in [0.29, 0.717) is 16.5 Å². The quantitative estimate of drug-likeness (QED) is 0.858. The van der Waals surface area contributed by atoms with Crippen molar-refractivity contribution in [3.63, 3.8) is 0 Å². The van der Waals surface area contributed by atoms with Crippen LogP contribution in [-0.2, 0) is 16.0 Å². The lowest BCUT2D eigenvalue weighted by Gasteiger charge is -2.07. The largest absolute Gasteiger partial charge is 0.484 e. The van der Waals surface area contributed by atoms with Gasteiger partial charge in [-0.15, -0.1) is 0 Å². The third kappa shape index (κ3) is 5.10. The Kier molecular flexibility index (Phi) is 5.38. The first-order valence-corrected chi connectivity index (χ1v) is 6.96. The van der Waals surface area contributed by atoms with Gasteiger partial charge >= 0.3 is 0 Å². The number of carbonyl (C=O) groups is 2. The van der Waals surface area contributed by atoms with Gasteiger partial charge in [-0.2, -0.15) is 0 Å². The molecule has 0 atom stereocenters. The maximum Gasteiger partial charge on any atom is 0.255 e. The lowest BCUT2D eigenvalue weighted by atomic mass is 10.1. The summed E-state index contributed by atoms with van der Waals surface area (Å²) in [5, 5.41) is 3.41. The van der Waals surface area contributed by atoms with Crippen LogP contribution in [0.4, 0.5) is 5.69 Å². The second-order valence-electron chi connectivity index (χ2n) is 4.63. The number of primary amides is 1. The molecule has 2 amide bonds. The molecule has 2 aromatic carbocycles. The highest BCUT2D eigenvalue weighted by Crippen LogP contribution is 2.16. The van der Waals surface area contributed by atoms with E-state index in [0.717, 1.165) is 5.56 Å². The summed E-state index contributed by atoms with van der Waals surface area (Å²) in [5.74, 6) is -0.164. The van der Waals surface area contributed by atoms with E-state index in [9.17, 15) is 9.59 Å². The highest BCUT2D eigenvalue weighted by atomic mass is 35.5. The average Bonchev–Trinajstić information content (AvgIpc) is 2.49. The Bertz CT molecular complexity index is 654. The van der Waals surface area contributed by atoms with E-state index < -0.39 is 5.91 Å². The highest BCUT2D eigenvalue weighted by Gasteiger charge is 2.05. The Hall–Kier alpha value is -2.53. The predicted molar refractivity (Wildman–Crippen MR) is 84.9 cm³/mol. The van der Waals surface area contributed by atoms with E-state index in [2.05, 4.69) is 5.32 Å². The third-order valence-corrected chi connectivity index (χ3v) is 3.05. The van der Waals surface area contributed by atoms with Crippen LogP contribution in [0.25, 0.3) is 0 Å². The number of nitrogens with two attached hydrogens (primary N) is 1. The van der Waals surface area contributed by atoms with Crippen molar-refractivity contribution in [2.75, 3.05) is 11.9 Å². The van der Waals surface area contributed by atoms with Crippen LogP contribution in [0.5, 0.6) is 5.75 Å². The van der Waals surface area contributed by atoms with E-state index in [-0.39, 0.29) is 18.9 Å². The van der Waals surface area contributed by atoms with Crippen LogP contribution < -0.4 is 15.8 Å². The minimum Gasteiger partial charge on any atom is -0.484 e. The van der Waals surface area contributed by atoms with Crippen LogP contribution in [0.3, 0.4) is 0 Å². The monoisotopic (exact) mass is 318 g/mol. The average molecular weight is 319 g/mol. The molecule has 22 heavy (non-hydrogen) atoms. The van der Waals surface area contributed by atoms with Gasteiger partial charge in [-0.25, -0.2) is 0 Å². The maximum absolute atomic E-state index is 11.9. The first-order chi connectivity index (χ1) is 10.5. The number of benzene rings is 2. The zero-order valence-corrected chi connectivity index (χ0v) is 12.5. The summed E-state index contributed by atoms with van der Waals surface area (Å²) in [6, 6.07) is 13.8. The molecule has 2 rings (SSSR count). The van der Waals surface area contributed by atoms with Gasteiger partial charge in [0.15, 0.2) is 6.61 Å². The summed E-state index contributed by atoms with van der Waals surface area (Å²) in [5.41, 5.74) is 6.51. The molecular formula is C16H15ClN2O3. The van der Waals surface area contributed by atoms with Crippen molar-refractivity contribution in [1.82, 2.24) is 0 Å². The van der Waals surface area contributed by atoms with Crippen LogP contribution in [-0.4, -0.2) is 18.4 Å². The van der Waals surface area contributed by atoms with Crippen molar-refractivity contribution >= 4 is 29.1 Å². The Morgan fingerprint density at radius 2 is 1.68 bits per heavy atom. The van der Waals surface area contributed by atoms with Crippen molar-refractivity contribution in [2.45, 2.75) is 6.42 Å². The molecule has 2 aromatic rings. The van der Waals surface area contributed by atoms with E-state index in [1.807, 2.05) is 12.1 Å². The zero-order valence-electron chi connectivity index (χ0n) is 11.7. The summed E-state index contributed by atoms with van der Waals surface area (Å²) in [6.07, 6.45) is 0.261. The summed E-state index contributed by atoms with van der Waals surface area (Å²) >= 11 is 5.80. The molecule has 3 N–H and O–H groups in total. The fraction of sp³-hybridized carbons (Fsp3) is 0.125. The zero-order chi connectivity index (χ0) is 15.9. The summed E-state index contributed by atoms with van der Waals surface area (Å²) in [6.45, 7) is -0.178. The number of ether oxygens (including phenoxy) is 1. The van der Waals surface area contributed by atoms with Crippen LogP contribution in [0.2, 0.25) is 5.02 Å². The molecule has 0 aliphatic heterocycles. The molecule has 0 unspecified atom stereocenters. The highest BCUT2D eigenvalue weighted by molar-refractivity contribution is 6.30. The molecule has 0 radical (unpaired) electrons. The normalized spacial score (nSPS) is 10.0. The van der Waals surface area contributed by atoms with Gasteiger partial charge < -0.3 is 15.8 Å². The smallest absolute Gasteiger partial charge is 0.255 e. The Balaban J connectivity index is 1.88. The number of hydrogen-bond donors (Lipinski definition) is 2. The molecule has 0 bridgehead atoms. The Morgan fingerprint density at radius 3 is 2.27 bits per heavy atom. The SMILES string of the molecule is NC(=O)COc1ccc(NC(=O)Cc2ccc(Cl)cc2)cc1. The van der Waals surface area contributed by atoms with Crippen LogP contribution in [0, 0.1) is 0 Å². The summed E-state index contributed by atoms with van der Waals surface area (Å²) in [4.78, 5) is 22.5. The molecule has 5 nitrogen and oxygen atoms in total. The first kappa shape index (κ1) is 15.9. The fourth-order valence-electron chi connectivity index (χ4n) is 1.78. The molecular weight excluding hydrogens is 304 g/mol. The van der Waals surface area contributed by atoms with Gasteiger partial charge in [0.25, 0.3) is 5.91 Å². The second kappa shape index (κ2) is 7.47. The van der Waals surface area contributed by atoms with E-state index in [1.165, 1.54) is 0 Å². The predicted octanol–water partition coefficient (Wildman–Crippen LogP) is 2.39. The molecule has 0 saturated heterocycles. The van der Waals surface area contributed by atoms with Gasteiger partial charge in [-0.1, -0.05) is 23.7 Å². The number of rotatable bonds is 6. The van der Waals surface area contributed by atoms with Crippen LogP contribution in [0.15, 0.2) is 48.5 Å². The number of nitrogens with one attached hydrogen (secondary N) is 1. The van der Waals surface area contributed by atoms with E-state index in [4.69, 9.17) is 22.1 Å². The number of anilines is 1. The molecule has 0 aromatic heterocycles. The number of hydrogen-bond acceptors (Lipinski definition) is 3. The molecule has 0 spiro atoms. The minimum atomic E-state index is -0.541. The minimum absolute atomic E-state index is 0.131. The maximum atomic E-state index is 11.9. The molecule has 0 aliphatic rings. The molecule has 0 heterocycles. The Morgan fingerprint density at radius 1 is 1.05 bits per heavy atom. The standard InChI is InChI=1S/C16H15ClN2O3/c17-12-3-1-11(2-4-12)9-16(21)19-13-5-7-14(8-6-13)22-10-15(18)20/h1-8H,9-10H2,(H2,18,20)(H,19,21). The molecule has 114 valence electrons. The summed E-state index contributed by atoms with van der Waals surface area (Å²) < 4.78 is 5.13. The van der Waals surface area contributed by atoms with Crippen molar-refractivity contribution in [3.8, 4) is 5.75 Å². The number of carbonyl (C=O) groups excluding carboxylic acids is 2. The molecule has 6 heteroatoms. The van der Waals surface area contributed by atoms with Gasteiger partial charge in [0.2, 0.25) is 5.91 Å². The van der Waals surface area contributed by atoms with Gasteiger partial charge in [-0.3, -0.25) is 9.59 Å². The van der Waals surface area contributed by atoms with Crippen LogP contribution >= 0.6 is 11.6 Å². The van der Waals surface area contributed by atoms with Gasteiger partial charge in [0, 0.05) is 10.7 Å². The van der Waals surface area contributed by atoms with Crippen molar-refractivity contribution in [3.05, 3.63) is 59.1 Å². The number of amides is 2. The van der Waals surface area contributed by atoms with Gasteiger partial charge in [-0.05, 0) is 42.0 Å². The molecule has 0 aliphatic carbocycles. The van der Waals surface area contributed by atoms with E-state index >= 15 is 0 Å². The number of halogens is 1. The molecule has 0 fully saturated rings. The van der Waals surface area contributed by atoms with Crippen molar-refractivity contribution in [1.29, 1.82) is 0 Å². The third-order valence-electron chi connectivity index (χ3n) is 2.80. The first-order valence-electron chi connectivity index (χ1n) is 6.58. The lowest BCUT2D eigenvalue weighted by molar-refractivity contribution is -0.120. The van der Waals surface area contributed by atoms with E-state index in [1.54, 1.807) is 36.4 Å². The molecule has 0 saturated carbocycles. The second-order valence-corrected chi connectivity index (χ2v) is 5.07. The van der Waals surface area contributed by atoms with Gasteiger partial charge in [0.1, 0.15) is 5.75 Å². The topological polar surface area (TPSA) is 81.4 Å². The van der Waals surface area contributed by atoms with Gasteiger partial charge in [0.05, 0.1) is 6.42 Å². The summed E-state index contributed by atoms with van der Waals surface area (Å²) in [7, 11) is 0. The van der Waals surface area contributed by atoms with Crippen molar-refractivity contribution in [2.24, 2.45) is 5.73 Å². The fourth-order valence-corrected chi connectivity index (χ4v) is 1.91. The van der Waals surface area contributed by atoms with Crippen LogP contribution in [0.1, 0.15) is 5.56 Å². The van der Waals surface area contributed by atoms with Crippen molar-refractivity contribution < 1.29 is 14.3 Å².